The molecule has 1 aromatic carbocycles. The van der Waals surface area contributed by atoms with Crippen molar-refractivity contribution in [2.45, 2.75) is 70.8 Å². The average Bonchev–Trinajstić information content (AvgIpc) is 3.30. The van der Waals surface area contributed by atoms with Crippen molar-refractivity contribution in [2.24, 2.45) is 11.8 Å². The topological polar surface area (TPSA) is 139 Å². The Bertz CT molecular complexity index is 1360. The third kappa shape index (κ3) is 3.38. The fourth-order valence-corrected chi connectivity index (χ4v) is 7.25. The zero-order chi connectivity index (χ0) is 28.0. The third-order valence-corrected chi connectivity index (χ3v) is 9.53. The monoisotopic (exact) mass is 544 g/mol. The maximum atomic E-state index is 14.0. The molecule has 0 unspecified atom stereocenters. The quantitative estimate of drug-likeness (QED) is 0.421. The highest BCUT2D eigenvalue weighted by molar-refractivity contribution is 6.33. The van der Waals surface area contributed by atoms with Crippen molar-refractivity contribution in [3.63, 3.8) is 0 Å². The van der Waals surface area contributed by atoms with Gasteiger partial charge in [0.1, 0.15) is 22.8 Å². The molecule has 5 rings (SSSR count). The summed E-state index contributed by atoms with van der Waals surface area (Å²) in [4.78, 5) is 43.3. The van der Waals surface area contributed by atoms with Crippen LogP contribution in [0.1, 0.15) is 55.9 Å². The summed E-state index contributed by atoms with van der Waals surface area (Å²) in [6.07, 6.45) is 1.18. The highest BCUT2D eigenvalue weighted by Crippen LogP contribution is 2.55. The number of fused-ring (bicyclic) bond motifs is 4. The summed E-state index contributed by atoms with van der Waals surface area (Å²) in [7, 11) is 3.21. The van der Waals surface area contributed by atoms with Gasteiger partial charge in [0.25, 0.3) is 0 Å². The first-order valence-electron chi connectivity index (χ1n) is 12.9. The van der Waals surface area contributed by atoms with E-state index in [1.165, 1.54) is 4.90 Å². The molecule has 3 aliphatic carbocycles. The number of likely N-dealkylation sites (N-methyl/N-ethyl adjacent to an activating group) is 1. The number of carbonyl (C=O) groups excluding carboxylic acids is 3. The second-order valence-electron chi connectivity index (χ2n) is 11.3. The van der Waals surface area contributed by atoms with Crippen molar-refractivity contribution >= 4 is 34.7 Å². The molecule has 0 amide bonds. The summed E-state index contributed by atoms with van der Waals surface area (Å²) < 4.78 is 0. The Hall–Kier alpha value is -2.72. The van der Waals surface area contributed by atoms with Crippen molar-refractivity contribution in [1.82, 2.24) is 9.80 Å². The van der Waals surface area contributed by atoms with Crippen LogP contribution in [0.25, 0.3) is 5.76 Å². The summed E-state index contributed by atoms with van der Waals surface area (Å²) in [5.74, 6) is -5.70. The van der Waals surface area contributed by atoms with Gasteiger partial charge in [-0.1, -0.05) is 18.5 Å². The van der Waals surface area contributed by atoms with Gasteiger partial charge in [0.2, 0.25) is 5.78 Å². The molecule has 9 nitrogen and oxygen atoms in total. The van der Waals surface area contributed by atoms with E-state index in [1.54, 1.807) is 14.1 Å². The van der Waals surface area contributed by atoms with Crippen LogP contribution in [-0.2, 0) is 33.9 Å². The minimum Gasteiger partial charge on any atom is -0.508 e. The summed E-state index contributed by atoms with van der Waals surface area (Å²) >= 11 is 6.88. The standard InChI is InChI=1S/C28H33ClN2O7/c1-6-11(2)31-9-15-16(10-31)23(33)20-14(21(15)29)7-13-8-17-22(30(4)5)25(35)18(12(3)32)26(36)28(17,38)27(37)19(13)24(20)34/h11,13,17,22,33-34,36,38H,6-10H2,1-5H3/t11-,13-,17-,22-,28+/m0/s1. The van der Waals surface area contributed by atoms with Crippen LogP contribution in [0.2, 0.25) is 5.02 Å². The Morgan fingerprint density at radius 3 is 2.37 bits per heavy atom. The van der Waals surface area contributed by atoms with Gasteiger partial charge >= 0.3 is 0 Å². The van der Waals surface area contributed by atoms with E-state index in [9.17, 15) is 34.8 Å². The number of Topliss-reactive ketones (excluding diaryl/α,β-unsaturated/α-hetero) is 3. The average molecular weight is 545 g/mol. The zero-order valence-corrected chi connectivity index (χ0v) is 22.9. The smallest absolute Gasteiger partial charge is 0.202 e. The van der Waals surface area contributed by atoms with Gasteiger partial charge in [-0.05, 0) is 64.3 Å². The molecule has 0 radical (unpaired) electrons. The van der Waals surface area contributed by atoms with Crippen LogP contribution < -0.4 is 0 Å². The van der Waals surface area contributed by atoms with Crippen LogP contribution in [0, 0.1) is 11.8 Å². The van der Waals surface area contributed by atoms with Crippen molar-refractivity contribution in [3.05, 3.63) is 44.2 Å². The second-order valence-corrected chi connectivity index (χ2v) is 11.7. The van der Waals surface area contributed by atoms with Crippen molar-refractivity contribution in [3.8, 4) is 5.75 Å². The number of phenolic OH excluding ortho intramolecular Hbond substituents is 1. The number of phenols is 1. The number of hydrogen-bond donors (Lipinski definition) is 4. The minimum absolute atomic E-state index is 0.0627. The number of rotatable bonds is 4. The van der Waals surface area contributed by atoms with E-state index in [2.05, 4.69) is 18.7 Å². The van der Waals surface area contributed by atoms with Crippen LogP contribution >= 0.6 is 11.6 Å². The first-order chi connectivity index (χ1) is 17.8. The normalized spacial score (nSPS) is 29.8. The molecular weight excluding hydrogens is 512 g/mol. The van der Waals surface area contributed by atoms with Crippen molar-refractivity contribution in [1.29, 1.82) is 0 Å². The molecular formula is C28H33ClN2O7. The molecule has 0 spiro atoms. The molecule has 4 aliphatic rings. The molecule has 38 heavy (non-hydrogen) atoms. The van der Waals surface area contributed by atoms with E-state index in [0.29, 0.717) is 29.2 Å². The number of aliphatic hydroxyl groups excluding tert-OH is 2. The Morgan fingerprint density at radius 1 is 1.16 bits per heavy atom. The first kappa shape index (κ1) is 26.9. The van der Waals surface area contributed by atoms with Crippen molar-refractivity contribution < 1.29 is 34.8 Å². The van der Waals surface area contributed by atoms with Gasteiger partial charge in [0.05, 0.1) is 11.6 Å². The fourth-order valence-electron chi connectivity index (χ4n) is 6.91. The van der Waals surface area contributed by atoms with E-state index in [1.807, 2.05) is 0 Å². The maximum Gasteiger partial charge on any atom is 0.202 e. The van der Waals surface area contributed by atoms with Gasteiger partial charge in [-0.25, -0.2) is 0 Å². The Morgan fingerprint density at radius 2 is 1.79 bits per heavy atom. The Kier molecular flexibility index (Phi) is 6.30. The molecule has 204 valence electrons. The first-order valence-corrected chi connectivity index (χ1v) is 13.3. The molecule has 5 atom stereocenters. The summed E-state index contributed by atoms with van der Waals surface area (Å²) in [6.45, 7) is 6.24. The fraction of sp³-hybridized carbons (Fsp3) is 0.536. The van der Waals surface area contributed by atoms with Gasteiger partial charge in [-0.2, -0.15) is 0 Å². The van der Waals surface area contributed by atoms with Crippen molar-refractivity contribution in [2.75, 3.05) is 14.1 Å². The van der Waals surface area contributed by atoms with Gasteiger partial charge in [-0.15, -0.1) is 0 Å². The number of aromatic hydroxyl groups is 1. The molecule has 1 aliphatic heterocycles. The molecule has 0 saturated heterocycles. The van der Waals surface area contributed by atoms with Gasteiger partial charge < -0.3 is 20.4 Å². The predicted molar refractivity (Wildman–Crippen MR) is 140 cm³/mol. The number of halogens is 1. The lowest BCUT2D eigenvalue weighted by molar-refractivity contribution is -0.153. The minimum atomic E-state index is -2.58. The molecule has 0 bridgehead atoms. The number of hydrogen-bond acceptors (Lipinski definition) is 9. The predicted octanol–water partition coefficient (Wildman–Crippen LogP) is 2.84. The van der Waals surface area contributed by atoms with E-state index < -0.39 is 57.9 Å². The number of ketones is 3. The maximum absolute atomic E-state index is 14.0. The molecule has 0 aromatic heterocycles. The number of benzene rings is 1. The van der Waals surface area contributed by atoms with Crippen LogP contribution in [0.15, 0.2) is 16.9 Å². The Balaban J connectivity index is 1.70. The van der Waals surface area contributed by atoms with E-state index >= 15 is 0 Å². The lowest BCUT2D eigenvalue weighted by Crippen LogP contribution is -2.65. The zero-order valence-electron chi connectivity index (χ0n) is 22.1. The number of carbonyl (C=O) groups is 3. The lowest BCUT2D eigenvalue weighted by atomic mass is 9.57. The van der Waals surface area contributed by atoms with Gasteiger partial charge in [0, 0.05) is 41.2 Å². The molecule has 1 fully saturated rings. The summed E-state index contributed by atoms with van der Waals surface area (Å²) in [6, 6.07) is -0.800. The SMILES string of the molecule is CC[C@H](C)N1Cc2c(O)c3c(c(Cl)c2C1)C[C@H]1C[C@H]2[C@H](N(C)C)C(=O)C(C(C)=O)=C(O)[C@@]2(O)C(=O)C1=C3O. The molecule has 10 heteroatoms. The number of nitrogens with zero attached hydrogens (tertiary/aromatic N) is 2. The Labute approximate surface area is 226 Å². The van der Waals surface area contributed by atoms with Crippen LogP contribution in [0.4, 0.5) is 0 Å². The molecule has 1 heterocycles. The van der Waals surface area contributed by atoms with Gasteiger partial charge in [0.15, 0.2) is 17.2 Å². The number of aliphatic hydroxyl groups is 3. The van der Waals surface area contributed by atoms with E-state index in [4.69, 9.17) is 11.6 Å². The van der Waals surface area contributed by atoms with Crippen LogP contribution in [0.5, 0.6) is 5.75 Å². The highest BCUT2D eigenvalue weighted by Gasteiger charge is 2.64. The molecule has 1 saturated carbocycles. The lowest BCUT2D eigenvalue weighted by Gasteiger charge is -2.50. The summed E-state index contributed by atoms with van der Waals surface area (Å²) in [5, 5.41) is 46.0. The molecule has 4 N–H and O–H groups in total. The molecule has 1 aromatic rings. The highest BCUT2D eigenvalue weighted by atomic mass is 35.5. The second kappa shape index (κ2) is 8.91. The largest absolute Gasteiger partial charge is 0.508 e. The van der Waals surface area contributed by atoms with E-state index in [-0.39, 0.29) is 35.8 Å². The van der Waals surface area contributed by atoms with E-state index in [0.717, 1.165) is 18.9 Å². The van der Waals surface area contributed by atoms with Crippen LogP contribution in [0.3, 0.4) is 0 Å². The summed E-state index contributed by atoms with van der Waals surface area (Å²) in [5.41, 5.74) is -1.36. The van der Waals surface area contributed by atoms with Crippen LogP contribution in [-0.4, -0.2) is 79.4 Å². The third-order valence-electron chi connectivity index (χ3n) is 9.07. The van der Waals surface area contributed by atoms with Gasteiger partial charge in [-0.3, -0.25) is 24.2 Å².